The minimum atomic E-state index is -0.956. The van der Waals surface area contributed by atoms with Crippen LogP contribution >= 0.6 is 0 Å². The first-order valence-corrected chi connectivity index (χ1v) is 7.10. The van der Waals surface area contributed by atoms with E-state index in [0.717, 1.165) is 32.1 Å². The number of carboxylic acid groups (broad SMARTS) is 1. The highest BCUT2D eigenvalue weighted by molar-refractivity contribution is 5.99. The maximum absolute atomic E-state index is 12.3. The summed E-state index contributed by atoms with van der Waals surface area (Å²) in [5.41, 5.74) is 1.62. The third-order valence-corrected chi connectivity index (χ3v) is 4.22. The SMILES string of the molecule is O=C(O)c1ccc2c(c1)NC1CCCCCC1C(=O)N2. The van der Waals surface area contributed by atoms with Crippen LogP contribution in [0.25, 0.3) is 0 Å². The Morgan fingerprint density at radius 3 is 2.75 bits per heavy atom. The predicted octanol–water partition coefficient (Wildman–Crippen LogP) is 2.70. The lowest BCUT2D eigenvalue weighted by atomic mass is 9.94. The van der Waals surface area contributed by atoms with E-state index in [-0.39, 0.29) is 23.4 Å². The molecular weight excluding hydrogens is 256 g/mol. The molecule has 2 aliphatic rings. The minimum absolute atomic E-state index is 0.0295. The lowest BCUT2D eigenvalue weighted by Crippen LogP contribution is -2.34. The minimum Gasteiger partial charge on any atom is -0.478 e. The lowest BCUT2D eigenvalue weighted by Gasteiger charge is -2.22. The molecule has 0 bridgehead atoms. The average Bonchev–Trinajstić information content (AvgIpc) is 2.71. The monoisotopic (exact) mass is 274 g/mol. The van der Waals surface area contributed by atoms with E-state index in [2.05, 4.69) is 10.6 Å². The van der Waals surface area contributed by atoms with Gasteiger partial charge >= 0.3 is 5.97 Å². The van der Waals surface area contributed by atoms with Crippen LogP contribution in [0, 0.1) is 5.92 Å². The number of benzene rings is 1. The third-order valence-electron chi connectivity index (χ3n) is 4.22. The summed E-state index contributed by atoms with van der Waals surface area (Å²) in [6.45, 7) is 0. The van der Waals surface area contributed by atoms with Crippen molar-refractivity contribution in [3.05, 3.63) is 23.8 Å². The number of fused-ring (bicyclic) bond motifs is 2. The van der Waals surface area contributed by atoms with Crippen LogP contribution in [0.5, 0.6) is 0 Å². The van der Waals surface area contributed by atoms with Crippen molar-refractivity contribution in [1.82, 2.24) is 0 Å². The summed E-state index contributed by atoms with van der Waals surface area (Å²) in [5.74, 6) is -0.938. The number of hydrogen-bond donors (Lipinski definition) is 3. The zero-order valence-corrected chi connectivity index (χ0v) is 11.2. The van der Waals surface area contributed by atoms with E-state index in [0.29, 0.717) is 11.4 Å². The molecule has 20 heavy (non-hydrogen) atoms. The van der Waals surface area contributed by atoms with Crippen molar-refractivity contribution in [3.8, 4) is 0 Å². The first-order valence-electron chi connectivity index (χ1n) is 7.10. The maximum Gasteiger partial charge on any atom is 0.335 e. The maximum atomic E-state index is 12.3. The fourth-order valence-electron chi connectivity index (χ4n) is 3.13. The van der Waals surface area contributed by atoms with Crippen molar-refractivity contribution < 1.29 is 14.7 Å². The van der Waals surface area contributed by atoms with Crippen LogP contribution in [-0.2, 0) is 4.79 Å². The number of aromatic carboxylic acids is 1. The van der Waals surface area contributed by atoms with Gasteiger partial charge < -0.3 is 15.7 Å². The van der Waals surface area contributed by atoms with Gasteiger partial charge in [-0.15, -0.1) is 0 Å². The van der Waals surface area contributed by atoms with Crippen LogP contribution < -0.4 is 10.6 Å². The Bertz CT molecular complexity index is 556. The molecule has 1 aliphatic carbocycles. The van der Waals surface area contributed by atoms with E-state index in [9.17, 15) is 9.59 Å². The molecule has 1 amide bonds. The Labute approximate surface area is 117 Å². The number of amides is 1. The normalized spacial score (nSPS) is 25.3. The standard InChI is InChI=1S/C15H18N2O3/c18-14-10-4-2-1-3-5-11(10)16-13-8-9(15(19)20)6-7-12(13)17-14/h6-8,10-11,16H,1-5H2,(H,17,18)(H,19,20). The highest BCUT2D eigenvalue weighted by Gasteiger charge is 2.33. The number of rotatable bonds is 1. The van der Waals surface area contributed by atoms with Gasteiger partial charge in [0.05, 0.1) is 22.9 Å². The van der Waals surface area contributed by atoms with Gasteiger partial charge in [-0.2, -0.15) is 0 Å². The van der Waals surface area contributed by atoms with Crippen molar-refractivity contribution in [3.63, 3.8) is 0 Å². The first-order chi connectivity index (χ1) is 9.65. The molecule has 3 rings (SSSR count). The molecule has 0 aromatic heterocycles. The Balaban J connectivity index is 1.96. The topological polar surface area (TPSA) is 78.4 Å². The van der Waals surface area contributed by atoms with Gasteiger partial charge in [-0.3, -0.25) is 4.79 Å². The molecule has 1 aromatic carbocycles. The Morgan fingerprint density at radius 2 is 1.95 bits per heavy atom. The van der Waals surface area contributed by atoms with Crippen LogP contribution in [0.4, 0.5) is 11.4 Å². The quantitative estimate of drug-likeness (QED) is 0.735. The second-order valence-electron chi connectivity index (χ2n) is 5.55. The van der Waals surface area contributed by atoms with E-state index in [4.69, 9.17) is 5.11 Å². The molecule has 1 heterocycles. The lowest BCUT2D eigenvalue weighted by molar-refractivity contribution is -0.120. The summed E-state index contributed by atoms with van der Waals surface area (Å²) in [7, 11) is 0. The zero-order chi connectivity index (χ0) is 14.1. The Morgan fingerprint density at radius 1 is 1.15 bits per heavy atom. The van der Waals surface area contributed by atoms with Crippen molar-refractivity contribution >= 4 is 23.3 Å². The summed E-state index contributed by atoms with van der Waals surface area (Å²) < 4.78 is 0. The van der Waals surface area contributed by atoms with E-state index in [1.807, 2.05) is 0 Å². The summed E-state index contributed by atoms with van der Waals surface area (Å²) in [6, 6.07) is 4.88. The molecule has 1 fully saturated rings. The summed E-state index contributed by atoms with van der Waals surface area (Å²) in [6.07, 6.45) is 5.18. The molecule has 5 nitrogen and oxygen atoms in total. The van der Waals surface area contributed by atoms with Gasteiger partial charge in [0, 0.05) is 6.04 Å². The molecule has 5 heteroatoms. The summed E-state index contributed by atoms with van der Waals surface area (Å²) in [4.78, 5) is 23.4. The number of hydrogen-bond acceptors (Lipinski definition) is 3. The fourth-order valence-corrected chi connectivity index (χ4v) is 3.13. The van der Waals surface area contributed by atoms with Gasteiger partial charge in [-0.05, 0) is 31.0 Å². The fraction of sp³-hybridized carbons (Fsp3) is 0.467. The Hall–Kier alpha value is -2.04. The van der Waals surface area contributed by atoms with Crippen molar-refractivity contribution in [2.45, 2.75) is 38.1 Å². The first kappa shape index (κ1) is 13.0. The number of carboxylic acids is 1. The molecule has 3 N–H and O–H groups in total. The van der Waals surface area contributed by atoms with Crippen molar-refractivity contribution in [2.24, 2.45) is 5.92 Å². The molecular formula is C15H18N2O3. The van der Waals surface area contributed by atoms with Gasteiger partial charge in [0.2, 0.25) is 5.91 Å². The average molecular weight is 274 g/mol. The zero-order valence-electron chi connectivity index (χ0n) is 11.2. The van der Waals surface area contributed by atoms with Crippen LogP contribution in [0.3, 0.4) is 0 Å². The highest BCUT2D eigenvalue weighted by Crippen LogP contribution is 2.34. The van der Waals surface area contributed by atoms with Gasteiger partial charge in [0.15, 0.2) is 0 Å². The molecule has 0 radical (unpaired) electrons. The van der Waals surface area contributed by atoms with Gasteiger partial charge in [0.1, 0.15) is 0 Å². The number of carbonyl (C=O) groups is 2. The summed E-state index contributed by atoms with van der Waals surface area (Å²) in [5, 5.41) is 15.4. The highest BCUT2D eigenvalue weighted by atomic mass is 16.4. The second kappa shape index (κ2) is 5.15. The van der Waals surface area contributed by atoms with E-state index >= 15 is 0 Å². The molecule has 2 unspecified atom stereocenters. The van der Waals surface area contributed by atoms with Crippen LogP contribution in [0.15, 0.2) is 18.2 Å². The van der Waals surface area contributed by atoms with E-state index in [1.54, 1.807) is 12.1 Å². The smallest absolute Gasteiger partial charge is 0.335 e. The molecule has 106 valence electrons. The van der Waals surface area contributed by atoms with Gasteiger partial charge in [0.25, 0.3) is 0 Å². The largest absolute Gasteiger partial charge is 0.478 e. The Kier molecular flexibility index (Phi) is 3.34. The van der Waals surface area contributed by atoms with Crippen LogP contribution in [0.1, 0.15) is 42.5 Å². The predicted molar refractivity (Wildman–Crippen MR) is 76.0 cm³/mol. The molecule has 1 aromatic rings. The third kappa shape index (κ3) is 2.35. The summed E-state index contributed by atoms with van der Waals surface area (Å²) >= 11 is 0. The van der Waals surface area contributed by atoms with E-state index < -0.39 is 5.97 Å². The van der Waals surface area contributed by atoms with Crippen molar-refractivity contribution in [2.75, 3.05) is 10.6 Å². The van der Waals surface area contributed by atoms with Crippen LogP contribution in [0.2, 0.25) is 0 Å². The number of carbonyl (C=O) groups excluding carboxylic acids is 1. The molecule has 0 saturated heterocycles. The van der Waals surface area contributed by atoms with E-state index in [1.165, 1.54) is 6.07 Å². The number of anilines is 2. The number of nitrogens with one attached hydrogen (secondary N) is 2. The van der Waals surface area contributed by atoms with Gasteiger partial charge in [-0.25, -0.2) is 4.79 Å². The van der Waals surface area contributed by atoms with Crippen LogP contribution in [-0.4, -0.2) is 23.0 Å². The van der Waals surface area contributed by atoms with Gasteiger partial charge in [-0.1, -0.05) is 19.3 Å². The molecule has 1 aliphatic heterocycles. The van der Waals surface area contributed by atoms with Crippen molar-refractivity contribution in [1.29, 1.82) is 0 Å². The molecule has 1 saturated carbocycles. The molecule has 0 spiro atoms. The second-order valence-corrected chi connectivity index (χ2v) is 5.55. The molecule has 2 atom stereocenters.